The smallest absolute Gasteiger partial charge is 0.104 e. The molecule has 2 unspecified atom stereocenters. The second kappa shape index (κ2) is 6.95. The van der Waals surface area contributed by atoms with E-state index in [0.29, 0.717) is 6.10 Å². The summed E-state index contributed by atoms with van der Waals surface area (Å²) in [4.78, 5) is 2.38. The molecule has 1 heterocycles. The van der Waals surface area contributed by atoms with Gasteiger partial charge in [0.1, 0.15) is 5.54 Å². The van der Waals surface area contributed by atoms with E-state index in [1.807, 2.05) is 14.0 Å². The third-order valence-electron chi connectivity index (χ3n) is 3.66. The molecule has 2 atom stereocenters. The van der Waals surface area contributed by atoms with Gasteiger partial charge in [0, 0.05) is 19.7 Å². The summed E-state index contributed by atoms with van der Waals surface area (Å²) in [6.45, 7) is 7.99. The van der Waals surface area contributed by atoms with E-state index < -0.39 is 5.54 Å². The van der Waals surface area contributed by atoms with Gasteiger partial charge in [0.25, 0.3) is 0 Å². The number of ether oxygens (including phenoxy) is 1. The topological polar surface area (TPSA) is 48.3 Å². The van der Waals surface area contributed by atoms with Crippen LogP contribution in [0.15, 0.2) is 0 Å². The second-order valence-electron chi connectivity index (χ2n) is 4.97. The van der Waals surface area contributed by atoms with E-state index in [1.165, 1.54) is 12.8 Å². The highest BCUT2D eigenvalue weighted by Gasteiger charge is 2.23. The molecule has 0 aromatic heterocycles. The first kappa shape index (κ1) is 14.4. The Morgan fingerprint density at radius 2 is 2.35 bits per heavy atom. The summed E-state index contributed by atoms with van der Waals surface area (Å²) in [6, 6.07) is 2.33. The van der Waals surface area contributed by atoms with E-state index in [2.05, 4.69) is 23.2 Å². The number of nitrogens with zero attached hydrogens (tertiary/aromatic N) is 2. The Morgan fingerprint density at radius 3 is 2.82 bits per heavy atom. The third-order valence-corrected chi connectivity index (χ3v) is 3.66. The number of likely N-dealkylation sites (N-methyl/N-ethyl adjacent to an activating group) is 1. The molecule has 1 aliphatic rings. The normalized spacial score (nSPS) is 23.6. The lowest BCUT2D eigenvalue weighted by molar-refractivity contribution is 0.0728. The summed E-state index contributed by atoms with van der Waals surface area (Å²) in [5, 5.41) is 12.2. The van der Waals surface area contributed by atoms with Gasteiger partial charge in [-0.3, -0.25) is 0 Å². The van der Waals surface area contributed by atoms with Gasteiger partial charge in [0.05, 0.1) is 12.2 Å². The molecule has 98 valence electrons. The van der Waals surface area contributed by atoms with Gasteiger partial charge in [0.2, 0.25) is 0 Å². The highest BCUT2D eigenvalue weighted by Crippen LogP contribution is 2.15. The van der Waals surface area contributed by atoms with Crippen LogP contribution in [0.25, 0.3) is 0 Å². The largest absolute Gasteiger partial charge is 0.377 e. The summed E-state index contributed by atoms with van der Waals surface area (Å²) >= 11 is 0. The Morgan fingerprint density at radius 1 is 1.59 bits per heavy atom. The Balaban J connectivity index is 2.33. The van der Waals surface area contributed by atoms with Gasteiger partial charge in [-0.15, -0.1) is 0 Å². The van der Waals surface area contributed by atoms with Crippen molar-refractivity contribution in [2.24, 2.45) is 0 Å². The number of nitrogens with one attached hydrogen (secondary N) is 1. The molecular weight excluding hydrogens is 214 g/mol. The zero-order valence-corrected chi connectivity index (χ0v) is 11.3. The Labute approximate surface area is 105 Å². The predicted octanol–water partition coefficient (Wildman–Crippen LogP) is 1.38. The van der Waals surface area contributed by atoms with Gasteiger partial charge in [-0.1, -0.05) is 6.92 Å². The quantitative estimate of drug-likeness (QED) is 0.729. The van der Waals surface area contributed by atoms with Gasteiger partial charge in [-0.05, 0) is 39.8 Å². The van der Waals surface area contributed by atoms with Crippen molar-refractivity contribution < 1.29 is 4.74 Å². The molecule has 4 nitrogen and oxygen atoms in total. The van der Waals surface area contributed by atoms with Crippen molar-refractivity contribution in [1.82, 2.24) is 10.2 Å². The number of hydrogen-bond acceptors (Lipinski definition) is 4. The van der Waals surface area contributed by atoms with Crippen molar-refractivity contribution in [2.75, 3.05) is 33.3 Å². The van der Waals surface area contributed by atoms with Crippen molar-refractivity contribution in [2.45, 2.75) is 44.8 Å². The molecule has 1 aliphatic heterocycles. The third kappa shape index (κ3) is 4.63. The van der Waals surface area contributed by atoms with Gasteiger partial charge in [-0.2, -0.15) is 5.26 Å². The lowest BCUT2D eigenvalue weighted by atomic mass is 10.00. The van der Waals surface area contributed by atoms with Crippen molar-refractivity contribution in [3.05, 3.63) is 0 Å². The molecule has 1 N–H and O–H groups in total. The first-order chi connectivity index (χ1) is 8.13. The summed E-state index contributed by atoms with van der Waals surface area (Å²) in [7, 11) is 1.85. The molecule has 0 amide bonds. The van der Waals surface area contributed by atoms with Gasteiger partial charge in [0.15, 0.2) is 0 Å². The summed E-state index contributed by atoms with van der Waals surface area (Å²) in [5.74, 6) is 0. The molecule has 1 saturated heterocycles. The van der Waals surface area contributed by atoms with E-state index >= 15 is 0 Å². The zero-order chi connectivity index (χ0) is 12.7. The van der Waals surface area contributed by atoms with E-state index in [0.717, 1.165) is 32.7 Å². The Bertz CT molecular complexity index is 258. The molecule has 0 bridgehead atoms. The molecule has 0 radical (unpaired) electrons. The predicted molar refractivity (Wildman–Crippen MR) is 68.8 cm³/mol. The van der Waals surface area contributed by atoms with Crippen LogP contribution in [0.2, 0.25) is 0 Å². The van der Waals surface area contributed by atoms with Crippen LogP contribution in [0, 0.1) is 11.3 Å². The van der Waals surface area contributed by atoms with Gasteiger partial charge < -0.3 is 15.0 Å². The minimum Gasteiger partial charge on any atom is -0.377 e. The van der Waals surface area contributed by atoms with Gasteiger partial charge in [-0.25, -0.2) is 0 Å². The lowest BCUT2D eigenvalue weighted by Crippen LogP contribution is -2.43. The maximum Gasteiger partial charge on any atom is 0.104 e. The maximum atomic E-state index is 9.10. The molecule has 1 fully saturated rings. The summed E-state index contributed by atoms with van der Waals surface area (Å²) < 4.78 is 5.65. The fourth-order valence-electron chi connectivity index (χ4n) is 2.07. The molecular formula is C13H25N3O. The molecule has 0 aromatic carbocycles. The maximum absolute atomic E-state index is 9.10. The fraction of sp³-hybridized carbons (Fsp3) is 0.923. The number of rotatable bonds is 7. The Hall–Kier alpha value is -0.630. The first-order valence-electron chi connectivity index (χ1n) is 6.57. The van der Waals surface area contributed by atoms with Crippen molar-refractivity contribution in [3.63, 3.8) is 0 Å². The summed E-state index contributed by atoms with van der Waals surface area (Å²) in [6.07, 6.45) is 3.62. The van der Waals surface area contributed by atoms with E-state index in [4.69, 9.17) is 10.00 Å². The van der Waals surface area contributed by atoms with Crippen LogP contribution in [0.3, 0.4) is 0 Å². The van der Waals surface area contributed by atoms with Crippen LogP contribution in [0.5, 0.6) is 0 Å². The van der Waals surface area contributed by atoms with E-state index in [-0.39, 0.29) is 0 Å². The molecule has 0 spiro atoms. The van der Waals surface area contributed by atoms with Gasteiger partial charge >= 0.3 is 0 Å². The molecule has 1 rings (SSSR count). The molecule has 0 aromatic rings. The monoisotopic (exact) mass is 239 g/mol. The van der Waals surface area contributed by atoms with Crippen molar-refractivity contribution >= 4 is 0 Å². The van der Waals surface area contributed by atoms with Crippen LogP contribution in [0.4, 0.5) is 0 Å². The zero-order valence-electron chi connectivity index (χ0n) is 11.3. The average molecular weight is 239 g/mol. The highest BCUT2D eigenvalue weighted by atomic mass is 16.5. The molecule has 0 saturated carbocycles. The van der Waals surface area contributed by atoms with E-state index in [9.17, 15) is 0 Å². The summed E-state index contributed by atoms with van der Waals surface area (Å²) in [5.41, 5.74) is -0.413. The van der Waals surface area contributed by atoms with Crippen molar-refractivity contribution in [1.29, 1.82) is 5.26 Å². The minimum absolute atomic E-state index is 0.401. The fourth-order valence-corrected chi connectivity index (χ4v) is 2.07. The molecule has 4 heteroatoms. The molecule has 0 aliphatic carbocycles. The molecule has 17 heavy (non-hydrogen) atoms. The van der Waals surface area contributed by atoms with Crippen molar-refractivity contribution in [3.8, 4) is 6.07 Å². The Kier molecular flexibility index (Phi) is 5.90. The highest BCUT2D eigenvalue weighted by molar-refractivity contribution is 5.03. The number of nitriles is 1. The van der Waals surface area contributed by atoms with Crippen LogP contribution in [0.1, 0.15) is 33.1 Å². The van der Waals surface area contributed by atoms with Crippen LogP contribution in [-0.2, 0) is 4.74 Å². The van der Waals surface area contributed by atoms with Crippen LogP contribution in [-0.4, -0.2) is 49.8 Å². The number of hydrogen-bond donors (Lipinski definition) is 1. The first-order valence-corrected chi connectivity index (χ1v) is 6.57. The average Bonchev–Trinajstić information content (AvgIpc) is 2.86. The van der Waals surface area contributed by atoms with Crippen LogP contribution < -0.4 is 5.32 Å². The van der Waals surface area contributed by atoms with Crippen LogP contribution >= 0.6 is 0 Å². The van der Waals surface area contributed by atoms with E-state index in [1.54, 1.807) is 0 Å². The minimum atomic E-state index is -0.413. The standard InChI is InChI=1S/C13H25N3O/c1-4-16(10-12-6-5-9-17-12)8-7-13(2,11-14)15-3/h12,15H,4-10H2,1-3H3. The second-order valence-corrected chi connectivity index (χ2v) is 4.97. The SMILES string of the molecule is CCN(CCC(C)(C#N)NC)CC1CCCO1. The lowest BCUT2D eigenvalue weighted by Gasteiger charge is -2.28.